The third-order valence-electron chi connectivity index (χ3n) is 3.61. The maximum Gasteiger partial charge on any atom is 0.221 e. The van der Waals surface area contributed by atoms with Gasteiger partial charge >= 0.3 is 0 Å². The van der Waals surface area contributed by atoms with Crippen molar-refractivity contribution < 1.29 is 4.79 Å². The molecule has 0 bridgehead atoms. The van der Waals surface area contributed by atoms with E-state index in [1.807, 2.05) is 24.3 Å². The number of hydrogen-bond acceptors (Lipinski definition) is 2. The third-order valence-corrected chi connectivity index (χ3v) is 3.61. The Morgan fingerprint density at radius 1 is 1.04 bits per heavy atom. The van der Waals surface area contributed by atoms with Gasteiger partial charge in [-0.2, -0.15) is 0 Å². The number of rotatable bonds is 10. The fourth-order valence-corrected chi connectivity index (χ4v) is 2.35. The highest BCUT2D eigenvalue weighted by atomic mass is 16.1. The molecular weight excluding hydrogens is 300 g/mol. The summed E-state index contributed by atoms with van der Waals surface area (Å²) in [6.07, 6.45) is 5.85. The number of benzene rings is 1. The lowest BCUT2D eigenvalue weighted by Crippen LogP contribution is -2.38. The molecule has 0 aliphatic heterocycles. The van der Waals surface area contributed by atoms with Gasteiger partial charge in [-0.25, -0.2) is 0 Å². The zero-order valence-corrected chi connectivity index (χ0v) is 15.3. The summed E-state index contributed by atoms with van der Waals surface area (Å²) >= 11 is 0. The van der Waals surface area contributed by atoms with Gasteiger partial charge in [-0.15, -0.1) is 0 Å². The average molecular weight is 332 g/mol. The molecule has 24 heavy (non-hydrogen) atoms. The van der Waals surface area contributed by atoms with E-state index in [0.717, 1.165) is 44.1 Å². The summed E-state index contributed by atoms with van der Waals surface area (Å²) in [5.41, 5.74) is 2.07. The number of aliphatic imine (C=N–C) groups is 1. The lowest BCUT2D eigenvalue weighted by atomic mass is 10.1. The van der Waals surface area contributed by atoms with Crippen molar-refractivity contribution in [3.63, 3.8) is 0 Å². The summed E-state index contributed by atoms with van der Waals surface area (Å²) in [4.78, 5) is 15.6. The highest BCUT2D eigenvalue weighted by Gasteiger charge is 1.99. The van der Waals surface area contributed by atoms with Crippen LogP contribution < -0.4 is 16.0 Å². The van der Waals surface area contributed by atoms with Gasteiger partial charge in [-0.05, 0) is 37.5 Å². The van der Waals surface area contributed by atoms with E-state index in [-0.39, 0.29) is 5.91 Å². The summed E-state index contributed by atoms with van der Waals surface area (Å²) < 4.78 is 0. The molecule has 5 nitrogen and oxygen atoms in total. The highest BCUT2D eigenvalue weighted by molar-refractivity contribution is 5.88. The molecule has 1 rings (SSSR count). The van der Waals surface area contributed by atoms with Crippen molar-refractivity contribution in [2.75, 3.05) is 25.0 Å². The summed E-state index contributed by atoms with van der Waals surface area (Å²) in [7, 11) is 0. The first-order valence-electron chi connectivity index (χ1n) is 9.04. The highest BCUT2D eigenvalue weighted by Crippen LogP contribution is 2.09. The molecule has 0 aromatic heterocycles. The van der Waals surface area contributed by atoms with Crippen LogP contribution in [0.25, 0.3) is 0 Å². The molecule has 1 aromatic rings. The summed E-state index contributed by atoms with van der Waals surface area (Å²) in [5.74, 6) is 0.846. The van der Waals surface area contributed by atoms with Crippen LogP contribution in [-0.2, 0) is 11.2 Å². The topological polar surface area (TPSA) is 65.5 Å². The summed E-state index contributed by atoms with van der Waals surface area (Å²) in [6.45, 7) is 8.39. The first kappa shape index (κ1) is 20.0. The molecule has 0 heterocycles. The van der Waals surface area contributed by atoms with Crippen LogP contribution in [0.5, 0.6) is 0 Å². The minimum absolute atomic E-state index is 0.0464. The van der Waals surface area contributed by atoms with Crippen LogP contribution in [0.2, 0.25) is 0 Å². The van der Waals surface area contributed by atoms with E-state index in [1.54, 1.807) is 0 Å². The minimum atomic E-state index is -0.0464. The zero-order valence-electron chi connectivity index (χ0n) is 15.3. The molecule has 3 N–H and O–H groups in total. The van der Waals surface area contributed by atoms with Gasteiger partial charge in [-0.3, -0.25) is 9.79 Å². The fourth-order valence-electron chi connectivity index (χ4n) is 2.35. The molecule has 0 spiro atoms. The van der Waals surface area contributed by atoms with E-state index in [2.05, 4.69) is 34.8 Å². The monoisotopic (exact) mass is 332 g/mol. The molecule has 1 aromatic carbocycles. The zero-order chi connectivity index (χ0) is 17.6. The van der Waals surface area contributed by atoms with Gasteiger partial charge < -0.3 is 16.0 Å². The summed E-state index contributed by atoms with van der Waals surface area (Å²) in [5, 5.41) is 9.43. The van der Waals surface area contributed by atoms with Crippen LogP contribution in [0, 0.1) is 0 Å². The molecule has 5 heteroatoms. The van der Waals surface area contributed by atoms with Crippen LogP contribution in [0.1, 0.15) is 52.0 Å². The maximum absolute atomic E-state index is 11.0. The Balaban J connectivity index is 2.35. The number of nitrogens with zero attached hydrogens (tertiary/aromatic N) is 1. The molecule has 0 fully saturated rings. The van der Waals surface area contributed by atoms with Crippen molar-refractivity contribution >= 4 is 17.6 Å². The van der Waals surface area contributed by atoms with E-state index in [1.165, 1.54) is 31.7 Å². The Morgan fingerprint density at radius 2 is 1.79 bits per heavy atom. The van der Waals surface area contributed by atoms with Gasteiger partial charge in [-0.1, -0.05) is 38.3 Å². The van der Waals surface area contributed by atoms with Crippen LogP contribution in [0.15, 0.2) is 29.3 Å². The Labute approximate surface area is 146 Å². The third kappa shape index (κ3) is 9.18. The quantitative estimate of drug-likeness (QED) is 0.350. The number of anilines is 1. The Hall–Kier alpha value is -2.04. The van der Waals surface area contributed by atoms with Crippen molar-refractivity contribution in [1.82, 2.24) is 10.6 Å². The normalized spacial score (nSPS) is 11.2. The van der Waals surface area contributed by atoms with Crippen molar-refractivity contribution in [2.45, 2.75) is 52.9 Å². The number of carbonyl (C=O) groups is 1. The SMILES string of the molecule is CCCCCCN=C(NCC)NCCc1ccc(NC(C)=O)cc1. The molecule has 134 valence electrons. The van der Waals surface area contributed by atoms with Crippen LogP contribution in [-0.4, -0.2) is 31.5 Å². The Kier molecular flexibility index (Phi) is 10.3. The number of nitrogens with one attached hydrogen (secondary N) is 3. The molecule has 0 unspecified atom stereocenters. The largest absolute Gasteiger partial charge is 0.357 e. The second-order valence-corrected chi connectivity index (χ2v) is 5.88. The van der Waals surface area contributed by atoms with Crippen molar-refractivity contribution in [3.8, 4) is 0 Å². The first-order valence-corrected chi connectivity index (χ1v) is 9.04. The number of carbonyl (C=O) groups excluding carboxylic acids is 1. The minimum Gasteiger partial charge on any atom is -0.357 e. The first-order chi connectivity index (χ1) is 11.7. The van der Waals surface area contributed by atoms with Crippen LogP contribution >= 0.6 is 0 Å². The van der Waals surface area contributed by atoms with Crippen molar-refractivity contribution in [1.29, 1.82) is 0 Å². The summed E-state index contributed by atoms with van der Waals surface area (Å²) in [6, 6.07) is 7.96. The van der Waals surface area contributed by atoms with E-state index in [9.17, 15) is 4.79 Å². The van der Waals surface area contributed by atoms with Gasteiger partial charge in [0.1, 0.15) is 0 Å². The van der Waals surface area contributed by atoms with Crippen LogP contribution in [0.3, 0.4) is 0 Å². The number of unbranched alkanes of at least 4 members (excludes halogenated alkanes) is 3. The predicted octanol–water partition coefficient (Wildman–Crippen LogP) is 3.32. The Bertz CT molecular complexity index is 497. The van der Waals surface area contributed by atoms with E-state index in [4.69, 9.17) is 0 Å². The fraction of sp³-hybridized carbons (Fsp3) is 0.579. The molecule has 0 atom stereocenters. The molecular formula is C19H32N4O. The van der Waals surface area contributed by atoms with Gasteiger partial charge in [0, 0.05) is 32.2 Å². The second-order valence-electron chi connectivity index (χ2n) is 5.88. The lowest BCUT2D eigenvalue weighted by molar-refractivity contribution is -0.114. The van der Waals surface area contributed by atoms with Gasteiger partial charge in [0.2, 0.25) is 5.91 Å². The molecule has 0 saturated carbocycles. The average Bonchev–Trinajstić information content (AvgIpc) is 2.55. The van der Waals surface area contributed by atoms with Crippen LogP contribution in [0.4, 0.5) is 5.69 Å². The van der Waals surface area contributed by atoms with Crippen molar-refractivity contribution in [2.24, 2.45) is 4.99 Å². The van der Waals surface area contributed by atoms with Crippen molar-refractivity contribution in [3.05, 3.63) is 29.8 Å². The van der Waals surface area contributed by atoms with E-state index in [0.29, 0.717) is 0 Å². The molecule has 0 radical (unpaired) electrons. The molecule has 0 aliphatic rings. The number of hydrogen-bond donors (Lipinski definition) is 3. The molecule has 0 aliphatic carbocycles. The standard InChI is InChI=1S/C19H32N4O/c1-4-6-7-8-14-21-19(20-5-2)22-15-13-17-9-11-18(12-10-17)23-16(3)24/h9-12H,4-8,13-15H2,1-3H3,(H,23,24)(H2,20,21,22). The molecule has 1 amide bonds. The molecule has 0 saturated heterocycles. The van der Waals surface area contributed by atoms with Gasteiger partial charge in [0.15, 0.2) is 5.96 Å². The van der Waals surface area contributed by atoms with Gasteiger partial charge in [0.05, 0.1) is 0 Å². The maximum atomic E-state index is 11.0. The number of guanidine groups is 1. The van der Waals surface area contributed by atoms with Gasteiger partial charge in [0.25, 0.3) is 0 Å². The Morgan fingerprint density at radius 3 is 2.42 bits per heavy atom. The lowest BCUT2D eigenvalue weighted by Gasteiger charge is -2.11. The smallest absolute Gasteiger partial charge is 0.221 e. The predicted molar refractivity (Wildman–Crippen MR) is 103 cm³/mol. The van der Waals surface area contributed by atoms with E-state index >= 15 is 0 Å². The van der Waals surface area contributed by atoms with E-state index < -0.39 is 0 Å². The number of amides is 1. The second kappa shape index (κ2) is 12.4.